The third-order valence-corrected chi connectivity index (χ3v) is 3.46. The molecule has 2 aromatic heterocycles. The molecule has 0 radical (unpaired) electrons. The normalized spacial score (nSPS) is 14.3. The number of nitrogens with zero attached hydrogens (tertiary/aromatic N) is 1. The van der Waals surface area contributed by atoms with Crippen molar-refractivity contribution in [2.75, 3.05) is 7.05 Å². The molecule has 0 aliphatic rings. The molecule has 0 saturated heterocycles. The molecule has 1 aromatic carbocycles. The van der Waals surface area contributed by atoms with Crippen LogP contribution in [0.3, 0.4) is 0 Å². The molecule has 5 nitrogen and oxygen atoms in total. The molecule has 0 fully saturated rings. The molecule has 1 unspecified atom stereocenters. The van der Waals surface area contributed by atoms with Crippen molar-refractivity contribution in [3.05, 3.63) is 48.9 Å². The largest absolute Gasteiger partial charge is 0.461 e. The second kappa shape index (κ2) is 5.02. The number of furan rings is 1. The van der Waals surface area contributed by atoms with Crippen molar-refractivity contribution in [2.24, 2.45) is 0 Å². The minimum atomic E-state index is -0.766. The van der Waals surface area contributed by atoms with E-state index in [4.69, 9.17) is 13.6 Å². The van der Waals surface area contributed by atoms with Gasteiger partial charge in [-0.25, -0.2) is 4.98 Å². The molecule has 0 amide bonds. The maximum Gasteiger partial charge on any atom is 0.220 e. The van der Waals surface area contributed by atoms with E-state index in [1.54, 1.807) is 12.5 Å². The first-order valence-electron chi connectivity index (χ1n) is 6.52. The quantitative estimate of drug-likeness (QED) is 0.722. The van der Waals surface area contributed by atoms with Crippen LogP contribution in [-0.2, 0) is 5.72 Å². The van der Waals surface area contributed by atoms with Crippen LogP contribution in [0.25, 0.3) is 11.0 Å². The molecule has 0 aliphatic heterocycles. The van der Waals surface area contributed by atoms with Crippen molar-refractivity contribution in [1.82, 2.24) is 10.3 Å². The summed E-state index contributed by atoms with van der Waals surface area (Å²) >= 11 is 0. The Bertz CT molecular complexity index is 684. The van der Waals surface area contributed by atoms with Crippen LogP contribution in [0.2, 0.25) is 0 Å². The Balaban J connectivity index is 2.04. The Morgan fingerprint density at radius 2 is 2.20 bits per heavy atom. The third kappa shape index (κ3) is 1.96. The van der Waals surface area contributed by atoms with E-state index in [0.29, 0.717) is 17.9 Å². The van der Waals surface area contributed by atoms with Gasteiger partial charge in [0.1, 0.15) is 0 Å². The van der Waals surface area contributed by atoms with Crippen molar-refractivity contribution >= 4 is 11.0 Å². The van der Waals surface area contributed by atoms with Gasteiger partial charge >= 0.3 is 0 Å². The number of fused-ring (bicyclic) bond motifs is 1. The average molecular weight is 272 g/mol. The first-order chi connectivity index (χ1) is 9.79. The van der Waals surface area contributed by atoms with Gasteiger partial charge in [0.25, 0.3) is 0 Å². The Labute approximate surface area is 116 Å². The number of nitrogens with one attached hydrogen (secondary N) is 1. The highest BCUT2D eigenvalue weighted by Gasteiger charge is 2.35. The monoisotopic (exact) mass is 272 g/mol. The Hall–Kier alpha value is -2.27. The average Bonchev–Trinajstić information content (AvgIpc) is 3.16. The zero-order valence-corrected chi connectivity index (χ0v) is 11.4. The minimum Gasteiger partial charge on any atom is -0.461 e. The van der Waals surface area contributed by atoms with Gasteiger partial charge in [0.2, 0.25) is 5.72 Å². The SMILES string of the molecule is CCC(NC)(Oc1cccc2ccoc12)c1cnco1. The van der Waals surface area contributed by atoms with Gasteiger partial charge < -0.3 is 13.6 Å². The van der Waals surface area contributed by atoms with E-state index in [9.17, 15) is 0 Å². The summed E-state index contributed by atoms with van der Waals surface area (Å²) < 4.78 is 17.1. The molecular formula is C15H16N2O3. The van der Waals surface area contributed by atoms with Crippen LogP contribution >= 0.6 is 0 Å². The number of hydrogen-bond donors (Lipinski definition) is 1. The second-order valence-electron chi connectivity index (χ2n) is 4.49. The van der Waals surface area contributed by atoms with Gasteiger partial charge in [-0.3, -0.25) is 5.32 Å². The van der Waals surface area contributed by atoms with E-state index >= 15 is 0 Å². The predicted molar refractivity (Wildman–Crippen MR) is 74.4 cm³/mol. The highest BCUT2D eigenvalue weighted by Crippen LogP contribution is 2.33. The van der Waals surface area contributed by atoms with Crippen molar-refractivity contribution in [1.29, 1.82) is 0 Å². The molecule has 20 heavy (non-hydrogen) atoms. The van der Waals surface area contributed by atoms with E-state index in [-0.39, 0.29) is 0 Å². The van der Waals surface area contributed by atoms with E-state index in [2.05, 4.69) is 10.3 Å². The number of benzene rings is 1. The molecule has 1 atom stereocenters. The lowest BCUT2D eigenvalue weighted by Crippen LogP contribution is -2.44. The molecule has 3 rings (SSSR count). The lowest BCUT2D eigenvalue weighted by Gasteiger charge is -2.30. The maximum atomic E-state index is 6.18. The number of para-hydroxylation sites is 1. The van der Waals surface area contributed by atoms with Gasteiger partial charge in [0.05, 0.1) is 12.5 Å². The Morgan fingerprint density at radius 1 is 1.30 bits per heavy atom. The zero-order valence-electron chi connectivity index (χ0n) is 11.4. The molecular weight excluding hydrogens is 256 g/mol. The highest BCUT2D eigenvalue weighted by molar-refractivity contribution is 5.82. The van der Waals surface area contributed by atoms with Crippen molar-refractivity contribution < 1.29 is 13.6 Å². The molecule has 0 spiro atoms. The summed E-state index contributed by atoms with van der Waals surface area (Å²) in [7, 11) is 1.83. The van der Waals surface area contributed by atoms with Gasteiger partial charge in [-0.05, 0) is 19.2 Å². The molecule has 0 bridgehead atoms. The number of hydrogen-bond acceptors (Lipinski definition) is 5. The molecule has 5 heteroatoms. The predicted octanol–water partition coefficient (Wildman–Crippen LogP) is 3.28. The van der Waals surface area contributed by atoms with Crippen LogP contribution in [-0.4, -0.2) is 12.0 Å². The summed E-state index contributed by atoms with van der Waals surface area (Å²) in [4.78, 5) is 3.97. The van der Waals surface area contributed by atoms with E-state index in [1.807, 2.05) is 38.2 Å². The van der Waals surface area contributed by atoms with E-state index in [1.165, 1.54) is 6.39 Å². The smallest absolute Gasteiger partial charge is 0.220 e. The minimum absolute atomic E-state index is 0.631. The van der Waals surface area contributed by atoms with Crippen LogP contribution in [0, 0.1) is 0 Å². The molecule has 1 N–H and O–H groups in total. The summed E-state index contributed by atoms with van der Waals surface area (Å²) in [5, 5.41) is 4.18. The van der Waals surface area contributed by atoms with Gasteiger partial charge in [-0.15, -0.1) is 0 Å². The fraction of sp³-hybridized carbons (Fsp3) is 0.267. The molecule has 3 aromatic rings. The lowest BCUT2D eigenvalue weighted by molar-refractivity contribution is 0.0117. The van der Waals surface area contributed by atoms with E-state index in [0.717, 1.165) is 11.0 Å². The summed E-state index contributed by atoms with van der Waals surface area (Å²) in [6.07, 6.45) is 5.38. The second-order valence-corrected chi connectivity index (χ2v) is 4.49. The number of rotatable bonds is 5. The fourth-order valence-electron chi connectivity index (χ4n) is 2.30. The topological polar surface area (TPSA) is 60.4 Å². The summed E-state index contributed by atoms with van der Waals surface area (Å²) in [5.74, 6) is 1.30. The molecule has 104 valence electrons. The first-order valence-corrected chi connectivity index (χ1v) is 6.52. The number of aromatic nitrogens is 1. The summed E-state index contributed by atoms with van der Waals surface area (Å²) in [6.45, 7) is 2.02. The highest BCUT2D eigenvalue weighted by atomic mass is 16.5. The Morgan fingerprint density at radius 3 is 2.90 bits per heavy atom. The van der Waals surface area contributed by atoms with Crippen molar-refractivity contribution in [3.8, 4) is 5.75 Å². The van der Waals surface area contributed by atoms with Gasteiger partial charge in [-0.1, -0.05) is 19.1 Å². The van der Waals surface area contributed by atoms with Crippen LogP contribution in [0.4, 0.5) is 0 Å². The van der Waals surface area contributed by atoms with Crippen molar-refractivity contribution in [3.63, 3.8) is 0 Å². The third-order valence-electron chi connectivity index (χ3n) is 3.46. The van der Waals surface area contributed by atoms with Gasteiger partial charge in [0.15, 0.2) is 23.5 Å². The Kier molecular flexibility index (Phi) is 3.20. The first kappa shape index (κ1) is 12.7. The van der Waals surface area contributed by atoms with Gasteiger partial charge in [0, 0.05) is 11.8 Å². The van der Waals surface area contributed by atoms with Crippen LogP contribution in [0.15, 0.2) is 52.0 Å². The summed E-state index contributed by atoms with van der Waals surface area (Å²) in [5.41, 5.74) is -0.0440. The molecule has 2 heterocycles. The van der Waals surface area contributed by atoms with Crippen LogP contribution in [0.5, 0.6) is 5.75 Å². The zero-order chi connectivity index (χ0) is 14.0. The van der Waals surface area contributed by atoms with Crippen molar-refractivity contribution in [2.45, 2.75) is 19.1 Å². The molecule has 0 aliphatic carbocycles. The van der Waals surface area contributed by atoms with Crippen LogP contribution in [0.1, 0.15) is 19.1 Å². The number of oxazole rings is 1. The number of ether oxygens (including phenoxy) is 1. The fourth-order valence-corrected chi connectivity index (χ4v) is 2.30. The lowest BCUT2D eigenvalue weighted by atomic mass is 10.1. The summed E-state index contributed by atoms with van der Waals surface area (Å²) in [6, 6.07) is 7.70. The standard InChI is InChI=1S/C15H16N2O3/c1-3-15(16-2,13-9-17-10-19-13)20-12-6-4-5-11-7-8-18-14(11)12/h4-10,16H,3H2,1-2H3. The van der Waals surface area contributed by atoms with Gasteiger partial charge in [-0.2, -0.15) is 0 Å². The van der Waals surface area contributed by atoms with E-state index < -0.39 is 5.72 Å². The molecule has 0 saturated carbocycles. The van der Waals surface area contributed by atoms with Crippen LogP contribution < -0.4 is 10.1 Å². The maximum absolute atomic E-state index is 6.18.